The monoisotopic (exact) mass is 460 g/mol. The van der Waals surface area contributed by atoms with E-state index in [-0.39, 0.29) is 5.91 Å². The number of likely N-dealkylation sites (tertiary alicyclic amines) is 1. The summed E-state index contributed by atoms with van der Waals surface area (Å²) < 4.78 is 0. The number of nitrogens with zero attached hydrogens (tertiary/aromatic N) is 3. The van der Waals surface area contributed by atoms with Crippen LogP contribution in [0.5, 0.6) is 0 Å². The maximum absolute atomic E-state index is 12.7. The Labute approximate surface area is 194 Å². The van der Waals surface area contributed by atoms with Gasteiger partial charge in [-0.05, 0) is 74.9 Å². The zero-order chi connectivity index (χ0) is 21.8. The fourth-order valence-corrected chi connectivity index (χ4v) is 4.89. The Morgan fingerprint density at radius 2 is 1.81 bits per heavy atom. The second-order valence-corrected chi connectivity index (χ2v) is 9.78. The van der Waals surface area contributed by atoms with E-state index in [1.165, 1.54) is 32.5 Å². The SMILES string of the molecule is CC1CCN(CC2CCN(c3ncc(Cl)cc3NC(=O)c3cccc(Cl)c3)CC2)CC1. The third kappa shape index (κ3) is 5.91. The van der Waals surface area contributed by atoms with Crippen molar-refractivity contribution in [1.82, 2.24) is 9.88 Å². The lowest BCUT2D eigenvalue weighted by Crippen LogP contribution is -2.41. The number of aromatic nitrogens is 1. The maximum Gasteiger partial charge on any atom is 0.255 e. The van der Waals surface area contributed by atoms with Crippen LogP contribution in [0.25, 0.3) is 0 Å². The second-order valence-electron chi connectivity index (χ2n) is 8.90. The molecule has 0 atom stereocenters. The third-order valence-corrected chi connectivity index (χ3v) is 6.92. The summed E-state index contributed by atoms with van der Waals surface area (Å²) in [5.74, 6) is 2.16. The summed E-state index contributed by atoms with van der Waals surface area (Å²) >= 11 is 12.2. The summed E-state index contributed by atoms with van der Waals surface area (Å²) in [5, 5.41) is 4.01. The number of amides is 1. The topological polar surface area (TPSA) is 48.5 Å². The zero-order valence-electron chi connectivity index (χ0n) is 18.0. The highest BCUT2D eigenvalue weighted by Crippen LogP contribution is 2.31. The van der Waals surface area contributed by atoms with Crippen molar-refractivity contribution in [2.45, 2.75) is 32.6 Å². The fraction of sp³-hybridized carbons (Fsp3) is 0.500. The Morgan fingerprint density at radius 3 is 2.52 bits per heavy atom. The van der Waals surface area contributed by atoms with Crippen molar-refractivity contribution < 1.29 is 4.79 Å². The average Bonchev–Trinajstić information content (AvgIpc) is 2.76. The van der Waals surface area contributed by atoms with Crippen molar-refractivity contribution in [1.29, 1.82) is 0 Å². The van der Waals surface area contributed by atoms with E-state index in [4.69, 9.17) is 23.2 Å². The minimum absolute atomic E-state index is 0.220. The van der Waals surface area contributed by atoms with Gasteiger partial charge in [0.25, 0.3) is 5.91 Å². The molecule has 5 nitrogen and oxygen atoms in total. The number of carbonyl (C=O) groups is 1. The van der Waals surface area contributed by atoms with E-state index in [1.54, 1.807) is 36.5 Å². The van der Waals surface area contributed by atoms with Gasteiger partial charge in [0.2, 0.25) is 0 Å². The van der Waals surface area contributed by atoms with Gasteiger partial charge in [0.05, 0.1) is 10.7 Å². The smallest absolute Gasteiger partial charge is 0.255 e. The molecule has 3 heterocycles. The lowest BCUT2D eigenvalue weighted by molar-refractivity contribution is 0.102. The van der Waals surface area contributed by atoms with Gasteiger partial charge in [-0.2, -0.15) is 0 Å². The number of anilines is 2. The van der Waals surface area contributed by atoms with Crippen molar-refractivity contribution in [3.63, 3.8) is 0 Å². The number of benzene rings is 1. The molecule has 2 saturated heterocycles. The number of pyridine rings is 1. The van der Waals surface area contributed by atoms with Gasteiger partial charge in [0, 0.05) is 36.4 Å². The van der Waals surface area contributed by atoms with Crippen LogP contribution in [-0.2, 0) is 0 Å². The highest BCUT2D eigenvalue weighted by atomic mass is 35.5. The van der Waals surface area contributed by atoms with E-state index in [0.717, 1.165) is 43.6 Å². The van der Waals surface area contributed by atoms with Gasteiger partial charge in [-0.15, -0.1) is 0 Å². The van der Waals surface area contributed by atoms with Gasteiger partial charge >= 0.3 is 0 Å². The summed E-state index contributed by atoms with van der Waals surface area (Å²) in [7, 11) is 0. The first-order valence-corrected chi connectivity index (χ1v) is 11.9. The van der Waals surface area contributed by atoms with Crippen molar-refractivity contribution in [3.8, 4) is 0 Å². The first-order chi connectivity index (χ1) is 15.0. The van der Waals surface area contributed by atoms with Crippen LogP contribution < -0.4 is 10.2 Å². The van der Waals surface area contributed by atoms with Gasteiger partial charge in [-0.1, -0.05) is 36.2 Å². The molecule has 0 unspecified atom stereocenters. The number of hydrogen-bond donors (Lipinski definition) is 1. The molecule has 2 aliphatic heterocycles. The molecule has 1 N–H and O–H groups in total. The zero-order valence-corrected chi connectivity index (χ0v) is 19.5. The molecule has 2 aliphatic rings. The van der Waals surface area contributed by atoms with Crippen LogP contribution in [0.2, 0.25) is 10.0 Å². The molecule has 166 valence electrons. The van der Waals surface area contributed by atoms with Crippen molar-refractivity contribution in [3.05, 3.63) is 52.1 Å². The summed E-state index contributed by atoms with van der Waals surface area (Å²) in [6.45, 7) is 7.90. The molecule has 0 spiro atoms. The lowest BCUT2D eigenvalue weighted by Gasteiger charge is -2.38. The Bertz CT molecular complexity index is 906. The van der Waals surface area contributed by atoms with Crippen LogP contribution in [0, 0.1) is 11.8 Å². The number of halogens is 2. The minimum atomic E-state index is -0.220. The minimum Gasteiger partial charge on any atom is -0.355 e. The molecular weight excluding hydrogens is 431 g/mol. The van der Waals surface area contributed by atoms with E-state index in [9.17, 15) is 4.79 Å². The molecule has 2 fully saturated rings. The first-order valence-electron chi connectivity index (χ1n) is 11.2. The highest BCUT2D eigenvalue weighted by Gasteiger charge is 2.25. The van der Waals surface area contributed by atoms with Crippen molar-refractivity contribution in [2.75, 3.05) is 42.9 Å². The van der Waals surface area contributed by atoms with Gasteiger partial charge in [-0.3, -0.25) is 4.79 Å². The molecule has 7 heteroatoms. The van der Waals surface area contributed by atoms with Crippen LogP contribution >= 0.6 is 23.2 Å². The highest BCUT2D eigenvalue weighted by molar-refractivity contribution is 6.31. The average molecular weight is 461 g/mol. The first kappa shape index (κ1) is 22.4. The fourth-order valence-electron chi connectivity index (χ4n) is 4.54. The molecule has 0 saturated carbocycles. The molecule has 2 aromatic rings. The number of rotatable bonds is 5. The molecule has 31 heavy (non-hydrogen) atoms. The number of nitrogens with one attached hydrogen (secondary N) is 1. The standard InChI is InChI=1S/C24H30Cl2N4O/c1-17-5-9-29(10-6-17)16-18-7-11-30(12-8-18)23-22(14-21(26)15-27-23)28-24(31)19-3-2-4-20(25)13-19/h2-4,13-15,17-18H,5-12,16H2,1H3,(H,28,31). The van der Waals surface area contributed by atoms with Crippen LogP contribution in [0.15, 0.2) is 36.5 Å². The Morgan fingerprint density at radius 1 is 1.06 bits per heavy atom. The van der Waals surface area contributed by atoms with Gasteiger partial charge in [0.15, 0.2) is 5.82 Å². The molecule has 1 amide bonds. The Hall–Kier alpha value is -1.82. The third-order valence-electron chi connectivity index (χ3n) is 6.48. The summed E-state index contributed by atoms with van der Waals surface area (Å²) in [5.41, 5.74) is 1.15. The van der Waals surface area contributed by atoms with Crippen LogP contribution in [0.4, 0.5) is 11.5 Å². The van der Waals surface area contributed by atoms with Crippen molar-refractivity contribution in [2.24, 2.45) is 11.8 Å². The number of piperidine rings is 2. The molecule has 4 rings (SSSR count). The molecular formula is C24H30Cl2N4O. The molecule has 0 radical (unpaired) electrons. The van der Waals surface area contributed by atoms with E-state index in [2.05, 4.69) is 27.0 Å². The number of carbonyl (C=O) groups excluding carboxylic acids is 1. The van der Waals surface area contributed by atoms with Crippen LogP contribution in [-0.4, -0.2) is 48.5 Å². The molecule has 0 aliphatic carbocycles. The number of hydrogen-bond acceptors (Lipinski definition) is 4. The normalized spacial score (nSPS) is 18.9. The van der Waals surface area contributed by atoms with E-state index in [0.29, 0.717) is 21.3 Å². The van der Waals surface area contributed by atoms with E-state index >= 15 is 0 Å². The van der Waals surface area contributed by atoms with Gasteiger partial charge < -0.3 is 15.1 Å². The van der Waals surface area contributed by atoms with Crippen LogP contribution in [0.1, 0.15) is 43.0 Å². The summed E-state index contributed by atoms with van der Waals surface area (Å²) in [4.78, 5) is 22.2. The quantitative estimate of drug-likeness (QED) is 0.631. The predicted molar refractivity (Wildman–Crippen MR) is 128 cm³/mol. The summed E-state index contributed by atoms with van der Waals surface area (Å²) in [6.07, 6.45) is 6.56. The summed E-state index contributed by atoms with van der Waals surface area (Å²) in [6, 6.07) is 8.68. The molecule has 1 aromatic heterocycles. The van der Waals surface area contributed by atoms with Gasteiger partial charge in [0.1, 0.15) is 0 Å². The van der Waals surface area contributed by atoms with Gasteiger partial charge in [-0.25, -0.2) is 4.98 Å². The molecule has 0 bridgehead atoms. The van der Waals surface area contributed by atoms with E-state index in [1.807, 2.05) is 0 Å². The lowest BCUT2D eigenvalue weighted by atomic mass is 9.93. The Balaban J connectivity index is 1.39. The maximum atomic E-state index is 12.7. The second kappa shape index (κ2) is 10.2. The largest absolute Gasteiger partial charge is 0.355 e. The van der Waals surface area contributed by atoms with Crippen molar-refractivity contribution >= 4 is 40.6 Å². The predicted octanol–water partition coefficient (Wildman–Crippen LogP) is 5.59. The van der Waals surface area contributed by atoms with Crippen LogP contribution in [0.3, 0.4) is 0 Å². The molecule has 1 aromatic carbocycles. The van der Waals surface area contributed by atoms with E-state index < -0.39 is 0 Å². The Kier molecular flexibility index (Phi) is 7.36.